The van der Waals surface area contributed by atoms with E-state index < -0.39 is 12.1 Å². The van der Waals surface area contributed by atoms with Gasteiger partial charge in [0.25, 0.3) is 0 Å². The molecule has 0 aromatic heterocycles. The summed E-state index contributed by atoms with van der Waals surface area (Å²) in [5.74, 6) is -0.622. The zero-order valence-electron chi connectivity index (χ0n) is 11.0. The fourth-order valence-electron chi connectivity index (χ4n) is 1.91. The second-order valence-corrected chi connectivity index (χ2v) is 4.91. The number of carbonyl (C=O) groups is 1. The highest BCUT2D eigenvalue weighted by Crippen LogP contribution is 2.25. The number of carboxylic acid groups (broad SMARTS) is 1. The van der Waals surface area contributed by atoms with E-state index in [1.165, 1.54) is 0 Å². The van der Waals surface area contributed by atoms with Crippen LogP contribution in [0.2, 0.25) is 5.02 Å². The number of aryl methyl sites for hydroxylation is 1. The maximum Gasteiger partial charge on any atom is 0.345 e. The molecule has 20 heavy (non-hydrogen) atoms. The Hall–Kier alpha value is -2.00. The Balaban J connectivity index is 2.19. The van der Waals surface area contributed by atoms with Crippen molar-refractivity contribution in [3.8, 4) is 5.75 Å². The summed E-state index contributed by atoms with van der Waals surface area (Å²) < 4.78 is 5.53. The second-order valence-electron chi connectivity index (χ2n) is 4.51. The lowest BCUT2D eigenvalue weighted by molar-refractivity contribution is -0.145. The molecule has 0 heterocycles. The minimum absolute atomic E-state index is 0.299. The summed E-state index contributed by atoms with van der Waals surface area (Å²) in [6.07, 6.45) is -0.663. The number of benzene rings is 2. The molecule has 3 nitrogen and oxygen atoms in total. The largest absolute Gasteiger partial charge is 0.478 e. The summed E-state index contributed by atoms with van der Waals surface area (Å²) in [4.78, 5) is 11.4. The van der Waals surface area contributed by atoms with Gasteiger partial charge in [-0.3, -0.25) is 0 Å². The molecule has 0 spiro atoms. The molecular weight excluding hydrogens is 276 g/mol. The van der Waals surface area contributed by atoms with Crippen molar-refractivity contribution in [1.29, 1.82) is 0 Å². The van der Waals surface area contributed by atoms with Gasteiger partial charge in [-0.25, -0.2) is 4.79 Å². The first-order valence-corrected chi connectivity index (χ1v) is 6.64. The monoisotopic (exact) mass is 290 g/mol. The van der Waals surface area contributed by atoms with Crippen molar-refractivity contribution in [2.75, 3.05) is 0 Å². The number of hydrogen-bond donors (Lipinski definition) is 1. The third-order valence-electron chi connectivity index (χ3n) is 3.05. The normalized spacial score (nSPS) is 11.9. The molecule has 0 unspecified atom stereocenters. The van der Waals surface area contributed by atoms with Gasteiger partial charge in [-0.05, 0) is 30.2 Å². The highest BCUT2D eigenvalue weighted by molar-refractivity contribution is 6.32. The van der Waals surface area contributed by atoms with E-state index in [9.17, 15) is 9.90 Å². The van der Waals surface area contributed by atoms with Crippen LogP contribution in [0.5, 0.6) is 5.75 Å². The van der Waals surface area contributed by atoms with E-state index in [1.54, 1.807) is 24.3 Å². The molecule has 4 heteroatoms. The third-order valence-corrected chi connectivity index (χ3v) is 3.36. The van der Waals surface area contributed by atoms with Crippen molar-refractivity contribution in [3.63, 3.8) is 0 Å². The van der Waals surface area contributed by atoms with Crippen molar-refractivity contribution in [1.82, 2.24) is 0 Å². The molecule has 0 saturated carbocycles. The molecule has 0 aliphatic carbocycles. The molecule has 104 valence electrons. The van der Waals surface area contributed by atoms with Crippen LogP contribution >= 0.6 is 11.6 Å². The van der Waals surface area contributed by atoms with E-state index in [1.807, 2.05) is 31.2 Å². The number of aliphatic carboxylic acids is 1. The molecule has 0 aliphatic heterocycles. The van der Waals surface area contributed by atoms with Gasteiger partial charge >= 0.3 is 5.97 Å². The van der Waals surface area contributed by atoms with Gasteiger partial charge in [-0.15, -0.1) is 0 Å². The van der Waals surface area contributed by atoms with E-state index in [0.29, 0.717) is 17.2 Å². The number of carboxylic acids is 1. The van der Waals surface area contributed by atoms with E-state index in [-0.39, 0.29) is 0 Å². The van der Waals surface area contributed by atoms with Crippen molar-refractivity contribution >= 4 is 17.6 Å². The molecule has 0 bridgehead atoms. The number of hydrogen-bond acceptors (Lipinski definition) is 2. The van der Waals surface area contributed by atoms with Crippen LogP contribution in [0.25, 0.3) is 0 Å². The van der Waals surface area contributed by atoms with Crippen LogP contribution in [0, 0.1) is 6.92 Å². The van der Waals surface area contributed by atoms with Crippen molar-refractivity contribution in [3.05, 3.63) is 64.7 Å². The van der Waals surface area contributed by atoms with Gasteiger partial charge in [0.2, 0.25) is 0 Å². The lowest BCUT2D eigenvalue weighted by atomic mass is 10.0. The Morgan fingerprint density at radius 2 is 1.85 bits per heavy atom. The average molecular weight is 291 g/mol. The molecular formula is C16H15ClO3. The number of rotatable bonds is 5. The summed E-state index contributed by atoms with van der Waals surface area (Å²) in [7, 11) is 0. The van der Waals surface area contributed by atoms with Crippen LogP contribution in [0.15, 0.2) is 48.5 Å². The van der Waals surface area contributed by atoms with Crippen LogP contribution in [0.1, 0.15) is 11.1 Å². The number of halogens is 1. The first-order valence-electron chi connectivity index (χ1n) is 6.26. The SMILES string of the molecule is Cc1ccccc1C[C@@H](Oc1ccccc1Cl)C(=O)O. The third kappa shape index (κ3) is 3.52. The van der Waals surface area contributed by atoms with Crippen LogP contribution < -0.4 is 4.74 Å². The van der Waals surface area contributed by atoms with E-state index in [4.69, 9.17) is 16.3 Å². The number of ether oxygens (including phenoxy) is 1. The summed E-state index contributed by atoms with van der Waals surface area (Å²) in [6, 6.07) is 14.5. The van der Waals surface area contributed by atoms with Gasteiger partial charge in [0.05, 0.1) is 5.02 Å². The lowest BCUT2D eigenvalue weighted by Gasteiger charge is -2.17. The Morgan fingerprint density at radius 3 is 2.50 bits per heavy atom. The minimum Gasteiger partial charge on any atom is -0.478 e. The average Bonchev–Trinajstić information content (AvgIpc) is 2.42. The summed E-state index contributed by atoms with van der Waals surface area (Å²) in [6.45, 7) is 1.95. The van der Waals surface area contributed by atoms with E-state index in [0.717, 1.165) is 11.1 Å². The van der Waals surface area contributed by atoms with Crippen LogP contribution in [-0.4, -0.2) is 17.2 Å². The summed E-state index contributed by atoms with van der Waals surface area (Å²) in [5.41, 5.74) is 1.99. The first kappa shape index (κ1) is 14.4. The van der Waals surface area contributed by atoms with Crippen LogP contribution in [-0.2, 0) is 11.2 Å². The van der Waals surface area contributed by atoms with Crippen LogP contribution in [0.4, 0.5) is 0 Å². The highest BCUT2D eigenvalue weighted by atomic mass is 35.5. The van der Waals surface area contributed by atoms with Crippen molar-refractivity contribution in [2.45, 2.75) is 19.4 Å². The second kappa shape index (κ2) is 6.44. The predicted molar refractivity (Wildman–Crippen MR) is 78.4 cm³/mol. The summed E-state index contributed by atoms with van der Waals surface area (Å²) in [5, 5.41) is 9.72. The van der Waals surface area contributed by atoms with Gasteiger partial charge < -0.3 is 9.84 Å². The number of para-hydroxylation sites is 1. The molecule has 0 radical (unpaired) electrons. The molecule has 2 aromatic carbocycles. The summed E-state index contributed by atoms with van der Waals surface area (Å²) >= 11 is 5.99. The standard InChI is InChI=1S/C16H15ClO3/c1-11-6-2-3-7-12(11)10-15(16(18)19)20-14-9-5-4-8-13(14)17/h2-9,15H,10H2,1H3,(H,18,19)/t15-/m1/s1. The molecule has 0 fully saturated rings. The Bertz CT molecular complexity index is 563. The Kier molecular flexibility index (Phi) is 4.64. The van der Waals surface area contributed by atoms with Crippen molar-refractivity contribution < 1.29 is 14.6 Å². The van der Waals surface area contributed by atoms with E-state index in [2.05, 4.69) is 0 Å². The first-order chi connectivity index (χ1) is 9.58. The van der Waals surface area contributed by atoms with Crippen molar-refractivity contribution in [2.24, 2.45) is 0 Å². The van der Waals surface area contributed by atoms with Crippen LogP contribution in [0.3, 0.4) is 0 Å². The minimum atomic E-state index is -1.01. The van der Waals surface area contributed by atoms with E-state index >= 15 is 0 Å². The highest BCUT2D eigenvalue weighted by Gasteiger charge is 2.21. The topological polar surface area (TPSA) is 46.5 Å². The van der Waals surface area contributed by atoms with Gasteiger partial charge in [0, 0.05) is 6.42 Å². The molecule has 2 rings (SSSR count). The lowest BCUT2D eigenvalue weighted by Crippen LogP contribution is -2.29. The fraction of sp³-hybridized carbons (Fsp3) is 0.188. The van der Waals surface area contributed by atoms with Gasteiger partial charge in [-0.1, -0.05) is 48.0 Å². The van der Waals surface area contributed by atoms with Gasteiger partial charge in [0.15, 0.2) is 6.10 Å². The smallest absolute Gasteiger partial charge is 0.345 e. The molecule has 0 saturated heterocycles. The molecule has 2 aromatic rings. The van der Waals surface area contributed by atoms with Gasteiger partial charge in [0.1, 0.15) is 5.75 Å². The Morgan fingerprint density at radius 1 is 1.20 bits per heavy atom. The zero-order valence-corrected chi connectivity index (χ0v) is 11.8. The predicted octanol–water partition coefficient (Wildman–Crippen LogP) is 3.72. The molecule has 0 amide bonds. The maximum atomic E-state index is 11.4. The quantitative estimate of drug-likeness (QED) is 0.913. The molecule has 1 atom stereocenters. The maximum absolute atomic E-state index is 11.4. The van der Waals surface area contributed by atoms with Gasteiger partial charge in [-0.2, -0.15) is 0 Å². The zero-order chi connectivity index (χ0) is 14.5. The molecule has 0 aliphatic rings. The Labute approximate surface area is 122 Å². The fourth-order valence-corrected chi connectivity index (χ4v) is 2.09. The molecule has 1 N–H and O–H groups in total.